The largest absolute Gasteiger partial charge is 0.459 e. The molecule has 0 spiro atoms. The number of amides is 2. The van der Waals surface area contributed by atoms with E-state index in [2.05, 4.69) is 5.32 Å². The number of aliphatic hydroxyl groups is 1. The van der Waals surface area contributed by atoms with Gasteiger partial charge in [0.2, 0.25) is 5.91 Å². The number of fused-ring (bicyclic) bond motifs is 1. The maximum atomic E-state index is 13.1. The van der Waals surface area contributed by atoms with Crippen LogP contribution in [0.15, 0.2) is 54.6 Å². The number of benzene rings is 2. The SMILES string of the molecule is C[C@@H](O)[C@H]1C(=O)N2C(C(=O)OCc3ccc([N+](=O)[O-])cc3)C(=O)[C@H](NC(=O)OCc3ccccc3)[C@H]12. The topological polar surface area (TPSA) is 165 Å². The van der Waals surface area contributed by atoms with E-state index < -0.39 is 58.8 Å². The lowest BCUT2D eigenvalue weighted by Crippen LogP contribution is -2.68. The van der Waals surface area contributed by atoms with E-state index in [4.69, 9.17) is 9.47 Å². The number of nitrogens with zero attached hydrogens (tertiary/aromatic N) is 2. The number of alkyl carbamates (subject to hydrolysis) is 1. The van der Waals surface area contributed by atoms with E-state index in [0.717, 1.165) is 10.5 Å². The maximum Gasteiger partial charge on any atom is 0.408 e. The molecule has 2 aliphatic heterocycles. The molecule has 2 aromatic carbocycles. The fourth-order valence-electron chi connectivity index (χ4n) is 4.42. The van der Waals surface area contributed by atoms with E-state index in [0.29, 0.717) is 5.56 Å². The zero-order valence-corrected chi connectivity index (χ0v) is 19.1. The third kappa shape index (κ3) is 4.75. The third-order valence-corrected chi connectivity index (χ3v) is 6.18. The number of nitrogens with one attached hydrogen (secondary N) is 1. The number of aliphatic hydroxyl groups excluding tert-OH is 1. The van der Waals surface area contributed by atoms with Gasteiger partial charge in [-0.25, -0.2) is 9.59 Å². The number of hydrogen-bond donors (Lipinski definition) is 2. The highest BCUT2D eigenvalue weighted by Gasteiger charge is 2.66. The minimum absolute atomic E-state index is 0.0541. The normalized spacial score (nSPS) is 23.3. The minimum atomic E-state index is -1.60. The number of esters is 1. The molecule has 0 aromatic heterocycles. The highest BCUT2D eigenvalue weighted by atomic mass is 16.6. The smallest absolute Gasteiger partial charge is 0.408 e. The first-order valence-electron chi connectivity index (χ1n) is 11.1. The van der Waals surface area contributed by atoms with Crippen molar-refractivity contribution in [3.63, 3.8) is 0 Å². The van der Waals surface area contributed by atoms with Crippen LogP contribution < -0.4 is 5.32 Å². The molecule has 2 fully saturated rings. The molecule has 2 heterocycles. The lowest BCUT2D eigenvalue weighted by molar-refractivity contribution is -0.384. The molecule has 4 rings (SSSR count). The first kappa shape index (κ1) is 24.8. The number of nitro groups is 1. The van der Waals surface area contributed by atoms with Crippen molar-refractivity contribution < 1.29 is 38.7 Å². The van der Waals surface area contributed by atoms with E-state index >= 15 is 0 Å². The van der Waals surface area contributed by atoms with Crippen LogP contribution >= 0.6 is 0 Å². The van der Waals surface area contributed by atoms with Gasteiger partial charge in [-0.05, 0) is 30.2 Å². The van der Waals surface area contributed by atoms with Crippen LogP contribution in [0.4, 0.5) is 10.5 Å². The number of carbonyl (C=O) groups excluding carboxylic acids is 4. The van der Waals surface area contributed by atoms with Crippen molar-refractivity contribution in [1.82, 2.24) is 10.2 Å². The molecule has 0 bridgehead atoms. The molecule has 12 nitrogen and oxygen atoms in total. The number of hydrogen-bond acceptors (Lipinski definition) is 9. The molecule has 36 heavy (non-hydrogen) atoms. The Morgan fingerprint density at radius 3 is 2.28 bits per heavy atom. The van der Waals surface area contributed by atoms with E-state index in [1.807, 2.05) is 0 Å². The van der Waals surface area contributed by atoms with Gasteiger partial charge in [-0.15, -0.1) is 0 Å². The molecule has 2 aliphatic rings. The molecule has 0 saturated carbocycles. The van der Waals surface area contributed by atoms with E-state index in [-0.39, 0.29) is 18.9 Å². The predicted molar refractivity (Wildman–Crippen MR) is 121 cm³/mol. The molecule has 2 aromatic rings. The highest BCUT2D eigenvalue weighted by molar-refractivity contribution is 6.14. The molecule has 5 atom stereocenters. The Bertz CT molecular complexity index is 1180. The molecule has 12 heteroatoms. The van der Waals surface area contributed by atoms with Crippen LogP contribution in [0.2, 0.25) is 0 Å². The van der Waals surface area contributed by atoms with Crippen LogP contribution in [0.25, 0.3) is 0 Å². The molecule has 2 saturated heterocycles. The molecule has 2 N–H and O–H groups in total. The molecule has 0 radical (unpaired) electrons. The van der Waals surface area contributed by atoms with Gasteiger partial charge >= 0.3 is 12.1 Å². The zero-order valence-electron chi connectivity index (χ0n) is 19.1. The average molecular weight is 497 g/mol. The van der Waals surface area contributed by atoms with Gasteiger partial charge < -0.3 is 24.8 Å². The highest BCUT2D eigenvalue weighted by Crippen LogP contribution is 2.40. The summed E-state index contributed by atoms with van der Waals surface area (Å²) in [7, 11) is 0. The van der Waals surface area contributed by atoms with Crippen LogP contribution in [0.5, 0.6) is 0 Å². The first-order chi connectivity index (χ1) is 17.2. The second-order valence-electron chi connectivity index (χ2n) is 8.52. The molecule has 2 amide bonds. The Balaban J connectivity index is 1.44. The summed E-state index contributed by atoms with van der Waals surface area (Å²) in [5, 5.41) is 23.3. The summed E-state index contributed by atoms with van der Waals surface area (Å²) in [4.78, 5) is 62.2. The van der Waals surface area contributed by atoms with E-state index in [1.165, 1.54) is 31.2 Å². The van der Waals surface area contributed by atoms with Crippen molar-refractivity contribution in [2.45, 2.75) is 44.4 Å². The lowest BCUT2D eigenvalue weighted by Gasteiger charge is -2.46. The Hall–Kier alpha value is -4.32. The second-order valence-corrected chi connectivity index (χ2v) is 8.52. The number of β-lactam (4-membered cyclic amide) rings is 1. The lowest BCUT2D eigenvalue weighted by atomic mass is 9.82. The fourth-order valence-corrected chi connectivity index (χ4v) is 4.42. The number of ketones is 1. The van der Waals surface area contributed by atoms with Crippen LogP contribution in [-0.2, 0) is 37.1 Å². The molecular formula is C24H23N3O9. The van der Waals surface area contributed by atoms with Gasteiger partial charge in [-0.2, -0.15) is 0 Å². The van der Waals surface area contributed by atoms with E-state index in [1.54, 1.807) is 30.3 Å². The Labute approximate surface area is 204 Å². The quantitative estimate of drug-likeness (QED) is 0.178. The summed E-state index contributed by atoms with van der Waals surface area (Å²) in [6, 6.07) is 10.3. The first-order valence-corrected chi connectivity index (χ1v) is 11.1. The standard InChI is InChI=1S/C24H23N3O9/c1-13(28)17-19-18(25-24(32)36-12-14-5-3-2-4-6-14)21(29)20(26(19)22(17)30)23(31)35-11-15-7-9-16(10-8-15)27(33)34/h2-10,13,17-20,28H,11-12H2,1H3,(H,25,32)/t13-,17-,18-,19+,20?/m1/s1. The summed E-state index contributed by atoms with van der Waals surface area (Å²) >= 11 is 0. The van der Waals surface area contributed by atoms with Crippen LogP contribution in [0, 0.1) is 16.0 Å². The van der Waals surface area contributed by atoms with Gasteiger partial charge in [0, 0.05) is 12.1 Å². The van der Waals surface area contributed by atoms with Gasteiger partial charge in [0.05, 0.1) is 23.0 Å². The third-order valence-electron chi connectivity index (χ3n) is 6.18. The van der Waals surface area contributed by atoms with Gasteiger partial charge in [0.25, 0.3) is 5.69 Å². The minimum Gasteiger partial charge on any atom is -0.459 e. The Morgan fingerprint density at radius 2 is 1.67 bits per heavy atom. The summed E-state index contributed by atoms with van der Waals surface area (Å²) in [5.74, 6) is -3.37. The van der Waals surface area contributed by atoms with Crippen LogP contribution in [0.1, 0.15) is 18.1 Å². The summed E-state index contributed by atoms with van der Waals surface area (Å²) in [6.07, 6.45) is -2.04. The van der Waals surface area contributed by atoms with E-state index in [9.17, 15) is 34.4 Å². The van der Waals surface area contributed by atoms with Crippen molar-refractivity contribution in [2.24, 2.45) is 5.92 Å². The van der Waals surface area contributed by atoms with Crippen molar-refractivity contribution in [1.29, 1.82) is 0 Å². The molecular weight excluding hydrogens is 474 g/mol. The van der Waals surface area contributed by atoms with Gasteiger partial charge in [0.15, 0.2) is 11.8 Å². The summed E-state index contributed by atoms with van der Waals surface area (Å²) < 4.78 is 10.4. The molecule has 0 aliphatic carbocycles. The number of rotatable bonds is 8. The number of ether oxygens (including phenoxy) is 2. The zero-order chi connectivity index (χ0) is 26.0. The fraction of sp³-hybridized carbons (Fsp3) is 0.333. The van der Waals surface area contributed by atoms with Crippen molar-refractivity contribution in [3.8, 4) is 0 Å². The summed E-state index contributed by atoms with van der Waals surface area (Å²) in [6.45, 7) is 1.04. The molecule has 188 valence electrons. The second kappa shape index (κ2) is 10.1. The molecule has 1 unspecified atom stereocenters. The van der Waals surface area contributed by atoms with Gasteiger partial charge in [0.1, 0.15) is 19.3 Å². The maximum absolute atomic E-state index is 13.1. The van der Waals surface area contributed by atoms with Gasteiger partial charge in [-0.3, -0.25) is 19.7 Å². The van der Waals surface area contributed by atoms with Crippen molar-refractivity contribution in [3.05, 3.63) is 75.8 Å². The van der Waals surface area contributed by atoms with Gasteiger partial charge in [-0.1, -0.05) is 30.3 Å². The van der Waals surface area contributed by atoms with Crippen LogP contribution in [-0.4, -0.2) is 62.9 Å². The summed E-state index contributed by atoms with van der Waals surface area (Å²) in [5.41, 5.74) is 1.02. The average Bonchev–Trinajstić information content (AvgIpc) is 3.09. The number of nitro benzene ring substituents is 1. The van der Waals surface area contributed by atoms with Crippen LogP contribution in [0.3, 0.4) is 0 Å². The number of Topliss-reactive ketones (excluding diaryl/α,β-unsaturated/α-hetero) is 1. The van der Waals surface area contributed by atoms with Crippen molar-refractivity contribution >= 4 is 29.4 Å². The monoisotopic (exact) mass is 497 g/mol. The Kier molecular flexibility index (Phi) is 6.97. The number of carbonyl (C=O) groups is 4. The number of non-ortho nitro benzene ring substituents is 1. The van der Waals surface area contributed by atoms with Crippen molar-refractivity contribution in [2.75, 3.05) is 0 Å². The predicted octanol–water partition coefficient (Wildman–Crippen LogP) is 1.09. The Morgan fingerprint density at radius 1 is 1.06 bits per heavy atom.